The summed E-state index contributed by atoms with van der Waals surface area (Å²) in [4.78, 5) is 90.2. The van der Waals surface area contributed by atoms with Crippen molar-refractivity contribution in [3.8, 4) is 0 Å². The highest BCUT2D eigenvalue weighted by molar-refractivity contribution is 5.96. The Labute approximate surface area is 240 Å². The maximum absolute atomic E-state index is 12.8. The van der Waals surface area contributed by atoms with Crippen LogP contribution in [-0.4, -0.2) is 132 Å². The van der Waals surface area contributed by atoms with Gasteiger partial charge in [0.2, 0.25) is 29.5 Å². The number of aliphatic hydroxyl groups is 1. The van der Waals surface area contributed by atoms with E-state index in [-0.39, 0.29) is 38.4 Å². The van der Waals surface area contributed by atoms with Gasteiger partial charge in [-0.05, 0) is 32.7 Å². The maximum atomic E-state index is 12.8. The molecule has 0 aromatic carbocycles. The van der Waals surface area contributed by atoms with Gasteiger partial charge >= 0.3 is 11.9 Å². The molecule has 42 heavy (non-hydrogen) atoms. The van der Waals surface area contributed by atoms with E-state index in [4.69, 9.17) is 11.5 Å². The van der Waals surface area contributed by atoms with Gasteiger partial charge < -0.3 is 58.3 Å². The molecule has 0 aromatic heterocycles. The number of aliphatic imine (C=N–C) groups is 1. The van der Waals surface area contributed by atoms with Gasteiger partial charge in [-0.3, -0.25) is 33.8 Å². The third-order valence-electron chi connectivity index (χ3n) is 6.01. The molecule has 1 aliphatic heterocycles. The van der Waals surface area contributed by atoms with Gasteiger partial charge in [-0.25, -0.2) is 4.79 Å². The van der Waals surface area contributed by atoms with Crippen molar-refractivity contribution in [2.75, 3.05) is 39.8 Å². The van der Waals surface area contributed by atoms with Crippen molar-refractivity contribution in [1.29, 1.82) is 0 Å². The zero-order valence-electron chi connectivity index (χ0n) is 23.1. The van der Waals surface area contributed by atoms with Crippen molar-refractivity contribution in [2.45, 2.75) is 56.3 Å². The van der Waals surface area contributed by atoms with E-state index in [1.807, 2.05) is 0 Å². The Morgan fingerprint density at radius 1 is 0.929 bits per heavy atom. The van der Waals surface area contributed by atoms with Crippen LogP contribution in [0.15, 0.2) is 4.99 Å². The first-order chi connectivity index (χ1) is 19.8. The summed E-state index contributed by atoms with van der Waals surface area (Å²) in [7, 11) is 1.53. The lowest BCUT2D eigenvalue weighted by molar-refractivity contribution is -0.150. The minimum Gasteiger partial charge on any atom is -0.481 e. The molecule has 0 saturated carbocycles. The monoisotopic (exact) mass is 601 g/mol. The van der Waals surface area contributed by atoms with E-state index in [2.05, 4.69) is 31.6 Å². The van der Waals surface area contributed by atoms with Crippen LogP contribution in [0.2, 0.25) is 0 Å². The van der Waals surface area contributed by atoms with Crippen LogP contribution in [0, 0.1) is 0 Å². The number of aliphatic hydroxyl groups excluding tert-OH is 1. The highest BCUT2D eigenvalue weighted by atomic mass is 16.4. The summed E-state index contributed by atoms with van der Waals surface area (Å²) in [5.74, 6) is -7.11. The number of carbonyl (C=O) groups is 7. The summed E-state index contributed by atoms with van der Waals surface area (Å²) in [5, 5.41) is 39.9. The Morgan fingerprint density at radius 3 is 2.14 bits per heavy atom. The molecule has 1 saturated heterocycles. The van der Waals surface area contributed by atoms with E-state index in [1.165, 1.54) is 7.05 Å². The zero-order valence-corrected chi connectivity index (χ0v) is 23.1. The second-order valence-electron chi connectivity index (χ2n) is 9.31. The van der Waals surface area contributed by atoms with Gasteiger partial charge in [0.25, 0.3) is 0 Å². The van der Waals surface area contributed by atoms with Crippen molar-refractivity contribution >= 4 is 47.4 Å². The number of guanidine groups is 1. The van der Waals surface area contributed by atoms with Crippen LogP contribution in [-0.2, 0) is 33.6 Å². The van der Waals surface area contributed by atoms with Gasteiger partial charge in [-0.1, -0.05) is 0 Å². The first-order valence-corrected chi connectivity index (χ1v) is 13.0. The predicted molar refractivity (Wildman–Crippen MR) is 144 cm³/mol. The van der Waals surface area contributed by atoms with Gasteiger partial charge in [0.1, 0.15) is 24.2 Å². The van der Waals surface area contributed by atoms with Gasteiger partial charge in [0.05, 0.1) is 26.1 Å². The molecule has 1 fully saturated rings. The molecule has 236 valence electrons. The smallest absolute Gasteiger partial charge is 0.326 e. The Bertz CT molecular complexity index is 1030. The zero-order chi connectivity index (χ0) is 31.8. The molecule has 0 bridgehead atoms. The van der Waals surface area contributed by atoms with Crippen molar-refractivity contribution < 1.29 is 48.9 Å². The average Bonchev–Trinajstić information content (AvgIpc) is 3.41. The number of aliphatic carboxylic acids is 2. The van der Waals surface area contributed by atoms with E-state index in [0.717, 1.165) is 4.90 Å². The summed E-state index contributed by atoms with van der Waals surface area (Å²) in [6.45, 7) is -1.45. The second-order valence-corrected chi connectivity index (χ2v) is 9.31. The summed E-state index contributed by atoms with van der Waals surface area (Å²) in [6, 6.07) is -5.51. The lowest BCUT2D eigenvalue weighted by Crippen LogP contribution is -2.58. The normalized spacial score (nSPS) is 16.3. The Morgan fingerprint density at radius 2 is 1.57 bits per heavy atom. The second kappa shape index (κ2) is 18.0. The Kier molecular flexibility index (Phi) is 15.2. The van der Waals surface area contributed by atoms with Gasteiger partial charge in [-0.15, -0.1) is 0 Å². The molecule has 1 rings (SSSR count). The number of hydrogen-bond donors (Lipinski definition) is 10. The molecule has 0 aliphatic carbocycles. The van der Waals surface area contributed by atoms with E-state index in [9.17, 15) is 48.9 Å². The van der Waals surface area contributed by atoms with Crippen LogP contribution >= 0.6 is 0 Å². The van der Waals surface area contributed by atoms with Crippen LogP contribution in [0.25, 0.3) is 0 Å². The van der Waals surface area contributed by atoms with Crippen molar-refractivity contribution in [1.82, 2.24) is 31.5 Å². The Hall–Kier alpha value is -4.52. The fourth-order valence-electron chi connectivity index (χ4n) is 4.04. The minimum absolute atomic E-state index is 0.0852. The van der Waals surface area contributed by atoms with E-state index in [1.54, 1.807) is 0 Å². The Balaban J connectivity index is 2.83. The molecule has 0 radical (unpaired) electrons. The topological polar surface area (TPSA) is 308 Å². The number of rotatable bonds is 18. The maximum Gasteiger partial charge on any atom is 0.326 e. The third kappa shape index (κ3) is 12.3. The first kappa shape index (κ1) is 35.5. The number of carboxylic acid groups (broad SMARTS) is 2. The number of amides is 5. The molecule has 1 heterocycles. The van der Waals surface area contributed by atoms with E-state index >= 15 is 0 Å². The van der Waals surface area contributed by atoms with Crippen molar-refractivity contribution in [3.63, 3.8) is 0 Å². The van der Waals surface area contributed by atoms with Crippen molar-refractivity contribution in [2.24, 2.45) is 16.5 Å². The highest BCUT2D eigenvalue weighted by Gasteiger charge is 2.38. The lowest BCUT2D eigenvalue weighted by Gasteiger charge is -2.27. The number of likely N-dealkylation sites (N-methyl/N-ethyl adjacent to an activating group) is 1. The highest BCUT2D eigenvalue weighted by Crippen LogP contribution is 2.18. The fraction of sp³-hybridized carbons (Fsp3) is 0.652. The van der Waals surface area contributed by atoms with Gasteiger partial charge in [-0.2, -0.15) is 0 Å². The van der Waals surface area contributed by atoms with Crippen molar-refractivity contribution in [3.05, 3.63) is 0 Å². The number of nitrogens with zero attached hydrogens (tertiary/aromatic N) is 2. The number of nitrogens with two attached hydrogens (primary N) is 2. The molecular weight excluding hydrogens is 562 g/mol. The van der Waals surface area contributed by atoms with Crippen LogP contribution in [0.1, 0.15) is 32.1 Å². The van der Waals surface area contributed by atoms with Crippen LogP contribution < -0.4 is 38.1 Å². The van der Waals surface area contributed by atoms with E-state index in [0.29, 0.717) is 12.8 Å². The summed E-state index contributed by atoms with van der Waals surface area (Å²) in [5.41, 5.74) is 10.5. The predicted octanol–water partition coefficient (Wildman–Crippen LogP) is -5.63. The number of carboxylic acids is 2. The largest absolute Gasteiger partial charge is 0.481 e. The molecule has 12 N–H and O–H groups in total. The molecular formula is C23H39N9O10. The summed E-state index contributed by atoms with van der Waals surface area (Å²) >= 11 is 0. The van der Waals surface area contributed by atoms with Crippen LogP contribution in [0.5, 0.6) is 0 Å². The van der Waals surface area contributed by atoms with Crippen LogP contribution in [0.3, 0.4) is 0 Å². The van der Waals surface area contributed by atoms with Gasteiger partial charge in [0.15, 0.2) is 5.96 Å². The molecule has 0 spiro atoms. The van der Waals surface area contributed by atoms with Gasteiger partial charge in [0, 0.05) is 13.1 Å². The molecule has 19 nitrogen and oxygen atoms in total. The lowest BCUT2D eigenvalue weighted by atomic mass is 10.1. The molecule has 5 amide bonds. The number of likely N-dealkylation sites (tertiary alicyclic amines) is 1. The molecule has 19 heteroatoms. The summed E-state index contributed by atoms with van der Waals surface area (Å²) < 4.78 is 0. The van der Waals surface area contributed by atoms with Crippen LogP contribution in [0.4, 0.5) is 0 Å². The standard InChI is InChI=1S/C23H39N9O10/c1-26-9-16(34)29-12(4-2-6-27-23(24)25)19(38)28-10-17(35)30-13(8-18(36)37)20(39)31-14(11-33)21(40)32-7-3-5-15(32)22(41)42/h12-15,26,33H,2-11H2,1H3,(H,28,38)(H,29,34)(H,30,35)(H,31,39)(H,36,37)(H,41,42)(H4,24,25,27)/t12-,13-,14-,15+/m1/s1. The first-order valence-electron chi connectivity index (χ1n) is 13.0. The number of nitrogens with one attached hydrogen (secondary N) is 5. The SMILES string of the molecule is CNCC(=O)N[C@H](CCCN=C(N)N)C(=O)NCC(=O)N[C@H](CC(=O)O)C(=O)N[C@H](CO)C(=O)N1CCC[C@H]1C(=O)O. The molecule has 0 unspecified atom stereocenters. The molecule has 0 aromatic rings. The molecule has 1 aliphatic rings. The summed E-state index contributed by atoms with van der Waals surface area (Å²) in [6.07, 6.45) is 0.0898. The average molecular weight is 602 g/mol. The molecule has 4 atom stereocenters. The minimum atomic E-state index is -1.71. The number of carbonyl (C=O) groups excluding carboxylic acids is 5. The fourth-order valence-corrected chi connectivity index (χ4v) is 4.04. The number of hydrogen-bond acceptors (Lipinski definition) is 10. The third-order valence-corrected chi connectivity index (χ3v) is 6.01. The van der Waals surface area contributed by atoms with E-state index < -0.39 is 85.2 Å². The quantitative estimate of drug-likeness (QED) is 0.0398.